The number of likely N-dealkylation sites (tertiary alicyclic amines) is 1. The molecule has 0 unspecified atom stereocenters. The molecule has 0 aromatic carbocycles. The first-order valence-electron chi connectivity index (χ1n) is 11.9. The van der Waals surface area contributed by atoms with Crippen LogP contribution in [0.4, 0.5) is 0 Å². The van der Waals surface area contributed by atoms with Crippen molar-refractivity contribution in [3.8, 4) is 6.19 Å². The van der Waals surface area contributed by atoms with E-state index in [0.29, 0.717) is 41.0 Å². The maximum absolute atomic E-state index is 12.7. The minimum absolute atomic E-state index is 0.101. The van der Waals surface area contributed by atoms with Crippen LogP contribution in [0.1, 0.15) is 53.4 Å². The zero-order chi connectivity index (χ0) is 25.4. The number of halogens is 1. The van der Waals surface area contributed by atoms with E-state index in [0.717, 1.165) is 44.5 Å². The van der Waals surface area contributed by atoms with Crippen molar-refractivity contribution in [3.63, 3.8) is 0 Å². The summed E-state index contributed by atoms with van der Waals surface area (Å²) in [4.78, 5) is 25.9. The number of rotatable bonds is 8. The summed E-state index contributed by atoms with van der Waals surface area (Å²) < 4.78 is 0. The monoisotopic (exact) mass is 515 g/mol. The van der Waals surface area contributed by atoms with Gasteiger partial charge in [-0.2, -0.15) is 16.6 Å². The zero-order valence-electron chi connectivity index (χ0n) is 20.8. The van der Waals surface area contributed by atoms with Crippen molar-refractivity contribution in [1.82, 2.24) is 25.4 Å². The van der Waals surface area contributed by atoms with Crippen molar-refractivity contribution in [3.05, 3.63) is 50.4 Å². The van der Waals surface area contributed by atoms with Crippen LogP contribution >= 0.6 is 22.9 Å². The lowest BCUT2D eigenvalue weighted by molar-refractivity contribution is 0.0934. The highest BCUT2D eigenvalue weighted by Crippen LogP contribution is 2.22. The predicted octanol–water partition coefficient (Wildman–Crippen LogP) is 3.94. The molecule has 3 heterocycles. The lowest BCUT2D eigenvalue weighted by Crippen LogP contribution is -2.51. The van der Waals surface area contributed by atoms with Crippen LogP contribution in [0.5, 0.6) is 0 Å². The first-order valence-corrected chi connectivity index (χ1v) is 13.2. The third-order valence-electron chi connectivity index (χ3n) is 6.59. The van der Waals surface area contributed by atoms with Gasteiger partial charge < -0.3 is 15.1 Å². The van der Waals surface area contributed by atoms with Gasteiger partial charge in [-0.3, -0.25) is 15.1 Å². The molecule has 3 rings (SSSR count). The van der Waals surface area contributed by atoms with Crippen molar-refractivity contribution < 1.29 is 4.79 Å². The summed E-state index contributed by atoms with van der Waals surface area (Å²) in [7, 11) is 1.72. The third kappa shape index (κ3) is 7.17. The second-order valence-electron chi connectivity index (χ2n) is 8.93. The summed E-state index contributed by atoms with van der Waals surface area (Å²) in [5.74, 6) is 0.519. The molecule has 35 heavy (non-hydrogen) atoms. The number of aliphatic imine (C=N–C) groups is 1. The van der Waals surface area contributed by atoms with E-state index in [4.69, 9.17) is 11.6 Å². The maximum Gasteiger partial charge on any atom is 0.253 e. The highest BCUT2D eigenvalue weighted by atomic mass is 35.5. The topological polar surface area (TPSA) is 96.6 Å². The number of nitriles is 1. The molecule has 2 aromatic rings. The molecule has 1 aliphatic heterocycles. The number of carbonyl (C=O) groups is 1. The van der Waals surface area contributed by atoms with Crippen LogP contribution in [0.25, 0.3) is 0 Å². The van der Waals surface area contributed by atoms with E-state index in [1.54, 1.807) is 24.5 Å². The summed E-state index contributed by atoms with van der Waals surface area (Å²) in [6.07, 6.45) is 4.87. The Hall–Kier alpha value is -2.67. The number of hydrogen-bond acceptors (Lipinski definition) is 6. The zero-order valence-corrected chi connectivity index (χ0v) is 22.4. The molecule has 1 amide bonds. The van der Waals surface area contributed by atoms with Crippen LogP contribution in [-0.4, -0.2) is 65.4 Å². The Morgan fingerprint density at radius 1 is 1.43 bits per heavy atom. The fraction of sp³-hybridized carbons (Fsp3) is 0.520. The van der Waals surface area contributed by atoms with E-state index in [1.807, 2.05) is 20.0 Å². The van der Waals surface area contributed by atoms with E-state index < -0.39 is 0 Å². The summed E-state index contributed by atoms with van der Waals surface area (Å²) in [6, 6.07) is 4.49. The molecular weight excluding hydrogens is 482 g/mol. The maximum atomic E-state index is 12.7. The van der Waals surface area contributed by atoms with Crippen molar-refractivity contribution in [2.45, 2.75) is 58.7 Å². The van der Waals surface area contributed by atoms with Gasteiger partial charge in [0, 0.05) is 45.3 Å². The van der Waals surface area contributed by atoms with Gasteiger partial charge in [-0.15, -0.1) is 0 Å². The molecule has 10 heteroatoms. The molecule has 1 aliphatic rings. The van der Waals surface area contributed by atoms with Crippen molar-refractivity contribution in [2.75, 3.05) is 26.7 Å². The van der Waals surface area contributed by atoms with E-state index in [9.17, 15) is 10.1 Å². The van der Waals surface area contributed by atoms with Crippen LogP contribution < -0.4 is 10.6 Å². The molecule has 2 aromatic heterocycles. The van der Waals surface area contributed by atoms with Gasteiger partial charge in [-0.1, -0.05) is 11.6 Å². The van der Waals surface area contributed by atoms with Gasteiger partial charge in [0.15, 0.2) is 6.19 Å². The molecule has 0 saturated carbocycles. The van der Waals surface area contributed by atoms with E-state index in [-0.39, 0.29) is 5.91 Å². The Morgan fingerprint density at radius 2 is 2.17 bits per heavy atom. The van der Waals surface area contributed by atoms with Crippen LogP contribution in [-0.2, 0) is 6.54 Å². The standard InChI is InChI=1S/C25H34ClN7OS/c1-17-13-22(26)31-19(3)23(17)24(34)29-9-5-18(2)32-10-6-21(7-11-32)33(25(28-4)30-16-27)14-20-8-12-35-15-20/h8,12-13,15,18,21H,5-7,9-11,14H2,1-4H3,(H,28,30)(H,29,34)/t18-/m1/s1. The van der Waals surface area contributed by atoms with Crippen molar-refractivity contribution >= 4 is 34.8 Å². The molecule has 0 radical (unpaired) electrons. The van der Waals surface area contributed by atoms with Crippen LogP contribution in [0, 0.1) is 25.3 Å². The molecule has 0 aliphatic carbocycles. The first-order chi connectivity index (χ1) is 16.8. The Bertz CT molecular complexity index is 1040. The van der Waals surface area contributed by atoms with Crippen LogP contribution in [0.15, 0.2) is 27.9 Å². The summed E-state index contributed by atoms with van der Waals surface area (Å²) >= 11 is 7.67. The SMILES string of the molecule is CN=C(NC#N)N(Cc1ccsc1)C1CCN([C@H](C)CCNC(=O)c2c(C)cc(Cl)nc2C)CC1. The number of carbonyl (C=O) groups excluding carboxylic acids is 1. The molecule has 0 spiro atoms. The lowest BCUT2D eigenvalue weighted by atomic mass is 10.0. The number of thiophene rings is 1. The molecule has 1 atom stereocenters. The smallest absolute Gasteiger partial charge is 0.253 e. The average Bonchev–Trinajstić information content (AvgIpc) is 3.34. The molecule has 8 nitrogen and oxygen atoms in total. The summed E-state index contributed by atoms with van der Waals surface area (Å²) in [6.45, 7) is 9.16. The average molecular weight is 516 g/mol. The predicted molar refractivity (Wildman–Crippen MR) is 142 cm³/mol. The normalized spacial score (nSPS) is 15.9. The Morgan fingerprint density at radius 3 is 2.77 bits per heavy atom. The molecule has 1 fully saturated rings. The number of guanidine groups is 1. The van der Waals surface area contributed by atoms with Crippen molar-refractivity contribution in [1.29, 1.82) is 5.26 Å². The molecule has 1 saturated heterocycles. The number of hydrogen-bond donors (Lipinski definition) is 2. The number of piperidine rings is 1. The fourth-order valence-electron chi connectivity index (χ4n) is 4.69. The highest BCUT2D eigenvalue weighted by molar-refractivity contribution is 7.07. The Kier molecular flexibility index (Phi) is 9.90. The minimum Gasteiger partial charge on any atom is -0.352 e. The molecule has 0 bridgehead atoms. The molecule has 188 valence electrons. The van der Waals surface area contributed by atoms with Gasteiger partial charge in [0.25, 0.3) is 5.91 Å². The van der Waals surface area contributed by atoms with Gasteiger partial charge in [-0.05, 0) is 74.1 Å². The first kappa shape index (κ1) is 26.9. The molecular formula is C25H34ClN7OS. The Balaban J connectivity index is 1.51. The number of amides is 1. The summed E-state index contributed by atoms with van der Waals surface area (Å²) in [5.41, 5.74) is 3.32. The van der Waals surface area contributed by atoms with Gasteiger partial charge in [0.2, 0.25) is 5.96 Å². The fourth-order valence-corrected chi connectivity index (χ4v) is 5.64. The second kappa shape index (κ2) is 12.9. The lowest BCUT2D eigenvalue weighted by Gasteiger charge is -2.41. The van der Waals surface area contributed by atoms with Gasteiger partial charge >= 0.3 is 0 Å². The third-order valence-corrected chi connectivity index (χ3v) is 7.51. The van der Waals surface area contributed by atoms with Crippen LogP contribution in [0.3, 0.4) is 0 Å². The number of aryl methyl sites for hydroxylation is 2. The van der Waals surface area contributed by atoms with Crippen LogP contribution in [0.2, 0.25) is 5.15 Å². The number of nitrogens with one attached hydrogen (secondary N) is 2. The molecule has 2 N–H and O–H groups in total. The highest BCUT2D eigenvalue weighted by Gasteiger charge is 2.29. The quantitative estimate of drug-likeness (QED) is 0.182. The van der Waals surface area contributed by atoms with Crippen molar-refractivity contribution in [2.24, 2.45) is 4.99 Å². The minimum atomic E-state index is -0.101. The van der Waals surface area contributed by atoms with Gasteiger partial charge in [-0.25, -0.2) is 4.98 Å². The van der Waals surface area contributed by atoms with E-state index in [2.05, 4.69) is 54.2 Å². The van der Waals surface area contributed by atoms with E-state index >= 15 is 0 Å². The number of aromatic nitrogens is 1. The van der Waals surface area contributed by atoms with E-state index in [1.165, 1.54) is 5.56 Å². The number of nitrogens with zero attached hydrogens (tertiary/aromatic N) is 5. The second-order valence-corrected chi connectivity index (χ2v) is 10.1. The summed E-state index contributed by atoms with van der Waals surface area (Å²) in [5, 5.41) is 19.6. The Labute approximate surface area is 217 Å². The van der Waals surface area contributed by atoms with Gasteiger partial charge in [0.1, 0.15) is 5.15 Å². The largest absolute Gasteiger partial charge is 0.352 e. The number of pyridine rings is 1. The van der Waals surface area contributed by atoms with Gasteiger partial charge in [0.05, 0.1) is 11.3 Å².